The molecule has 2 heteroatoms. The van der Waals surface area contributed by atoms with Crippen molar-refractivity contribution in [3.05, 3.63) is 0 Å². The SMILES string of the molecule is CC(=O)CCCCN1CCC[C@H]2CCCC[C@H]21. The molecule has 0 amide bonds. The minimum absolute atomic E-state index is 0.346. The molecule has 0 spiro atoms. The van der Waals surface area contributed by atoms with Crippen LogP contribution >= 0.6 is 0 Å². The zero-order valence-corrected chi connectivity index (χ0v) is 11.3. The number of unbranched alkanes of at least 4 members (excludes halogenated alkanes) is 1. The molecule has 2 rings (SSSR count). The topological polar surface area (TPSA) is 20.3 Å². The molecule has 0 N–H and O–H groups in total. The molecule has 0 aromatic heterocycles. The van der Waals surface area contributed by atoms with Gasteiger partial charge in [-0.05, 0) is 64.5 Å². The van der Waals surface area contributed by atoms with Gasteiger partial charge >= 0.3 is 0 Å². The Labute approximate surface area is 106 Å². The first-order valence-electron chi connectivity index (χ1n) is 7.51. The number of nitrogens with zero attached hydrogens (tertiary/aromatic N) is 1. The van der Waals surface area contributed by atoms with Crippen molar-refractivity contribution in [3.63, 3.8) is 0 Å². The van der Waals surface area contributed by atoms with E-state index >= 15 is 0 Å². The van der Waals surface area contributed by atoms with Gasteiger partial charge in [0.1, 0.15) is 5.78 Å². The molecule has 0 aromatic rings. The molecule has 98 valence electrons. The van der Waals surface area contributed by atoms with E-state index in [2.05, 4.69) is 4.90 Å². The molecule has 1 saturated heterocycles. The summed E-state index contributed by atoms with van der Waals surface area (Å²) in [7, 11) is 0. The fourth-order valence-corrected chi connectivity index (χ4v) is 3.69. The highest BCUT2D eigenvalue weighted by atomic mass is 16.1. The Kier molecular flexibility index (Phi) is 5.02. The number of rotatable bonds is 5. The predicted molar refractivity (Wildman–Crippen MR) is 71.1 cm³/mol. The van der Waals surface area contributed by atoms with Gasteiger partial charge in [-0.2, -0.15) is 0 Å². The molecule has 1 aliphatic carbocycles. The molecule has 0 bridgehead atoms. The smallest absolute Gasteiger partial charge is 0.129 e. The van der Waals surface area contributed by atoms with Gasteiger partial charge < -0.3 is 9.69 Å². The van der Waals surface area contributed by atoms with Crippen LogP contribution in [0.5, 0.6) is 0 Å². The summed E-state index contributed by atoms with van der Waals surface area (Å²) < 4.78 is 0. The fourth-order valence-electron chi connectivity index (χ4n) is 3.69. The first-order valence-corrected chi connectivity index (χ1v) is 7.51. The molecule has 1 heterocycles. The second-order valence-corrected chi connectivity index (χ2v) is 5.95. The fraction of sp³-hybridized carbons (Fsp3) is 0.933. The summed E-state index contributed by atoms with van der Waals surface area (Å²) in [5.41, 5.74) is 0. The third kappa shape index (κ3) is 3.80. The molecule has 2 fully saturated rings. The van der Waals surface area contributed by atoms with Gasteiger partial charge in [0, 0.05) is 12.5 Å². The number of Topliss-reactive ketones (excluding diaryl/α,β-unsaturated/α-hetero) is 1. The highest BCUT2D eigenvalue weighted by Gasteiger charge is 2.32. The van der Waals surface area contributed by atoms with Crippen molar-refractivity contribution in [1.82, 2.24) is 4.90 Å². The Morgan fingerprint density at radius 1 is 1.12 bits per heavy atom. The summed E-state index contributed by atoms with van der Waals surface area (Å²) >= 11 is 0. The lowest BCUT2D eigenvalue weighted by Gasteiger charge is -2.44. The van der Waals surface area contributed by atoms with Gasteiger partial charge in [-0.1, -0.05) is 12.8 Å². The van der Waals surface area contributed by atoms with Gasteiger partial charge in [-0.3, -0.25) is 0 Å². The molecule has 0 unspecified atom stereocenters. The average Bonchev–Trinajstić information content (AvgIpc) is 2.34. The van der Waals surface area contributed by atoms with E-state index in [1.54, 1.807) is 6.92 Å². The Balaban J connectivity index is 1.73. The van der Waals surface area contributed by atoms with Gasteiger partial charge in [0.25, 0.3) is 0 Å². The Morgan fingerprint density at radius 3 is 2.71 bits per heavy atom. The molecule has 17 heavy (non-hydrogen) atoms. The largest absolute Gasteiger partial charge is 0.300 e. The van der Waals surface area contributed by atoms with Crippen LogP contribution in [0.1, 0.15) is 64.7 Å². The third-order valence-corrected chi connectivity index (χ3v) is 4.58. The first kappa shape index (κ1) is 13.1. The number of piperidine rings is 1. The van der Waals surface area contributed by atoms with Crippen molar-refractivity contribution in [3.8, 4) is 0 Å². The molecular weight excluding hydrogens is 210 g/mol. The number of fused-ring (bicyclic) bond motifs is 1. The van der Waals surface area contributed by atoms with Crippen molar-refractivity contribution in [2.24, 2.45) is 5.92 Å². The molecular formula is C15H27NO. The molecule has 2 aliphatic rings. The number of likely N-dealkylation sites (tertiary alicyclic amines) is 1. The third-order valence-electron chi connectivity index (χ3n) is 4.58. The van der Waals surface area contributed by atoms with Crippen LogP contribution in [-0.4, -0.2) is 29.8 Å². The minimum atomic E-state index is 0.346. The van der Waals surface area contributed by atoms with Gasteiger partial charge in [0.15, 0.2) is 0 Å². The monoisotopic (exact) mass is 237 g/mol. The highest BCUT2D eigenvalue weighted by Crippen LogP contribution is 2.35. The molecule has 2 atom stereocenters. The van der Waals surface area contributed by atoms with Crippen LogP contribution in [-0.2, 0) is 4.79 Å². The van der Waals surface area contributed by atoms with E-state index in [0.717, 1.165) is 24.8 Å². The Hall–Kier alpha value is -0.370. The van der Waals surface area contributed by atoms with Crippen LogP contribution in [0.15, 0.2) is 0 Å². The molecule has 1 aliphatic heterocycles. The van der Waals surface area contributed by atoms with E-state index in [0.29, 0.717) is 5.78 Å². The summed E-state index contributed by atoms with van der Waals surface area (Å²) in [4.78, 5) is 13.6. The van der Waals surface area contributed by atoms with E-state index in [-0.39, 0.29) is 0 Å². The lowest BCUT2D eigenvalue weighted by molar-refractivity contribution is -0.117. The van der Waals surface area contributed by atoms with Gasteiger partial charge in [-0.25, -0.2) is 0 Å². The molecule has 0 aromatic carbocycles. The first-order chi connectivity index (χ1) is 8.27. The highest BCUT2D eigenvalue weighted by molar-refractivity contribution is 5.75. The quantitative estimate of drug-likeness (QED) is 0.683. The summed E-state index contributed by atoms with van der Waals surface area (Å²) in [5.74, 6) is 1.34. The Morgan fingerprint density at radius 2 is 1.88 bits per heavy atom. The molecule has 0 radical (unpaired) electrons. The van der Waals surface area contributed by atoms with Crippen LogP contribution < -0.4 is 0 Å². The minimum Gasteiger partial charge on any atom is -0.300 e. The summed E-state index contributed by atoms with van der Waals surface area (Å²) in [6.45, 7) is 4.24. The second kappa shape index (κ2) is 6.53. The van der Waals surface area contributed by atoms with Crippen LogP contribution in [0.25, 0.3) is 0 Å². The second-order valence-electron chi connectivity index (χ2n) is 5.95. The molecule has 1 saturated carbocycles. The van der Waals surface area contributed by atoms with Crippen LogP contribution in [0.4, 0.5) is 0 Å². The van der Waals surface area contributed by atoms with E-state index in [1.165, 1.54) is 58.0 Å². The van der Waals surface area contributed by atoms with Crippen LogP contribution in [0, 0.1) is 5.92 Å². The normalized spacial score (nSPS) is 29.9. The van der Waals surface area contributed by atoms with E-state index in [1.807, 2.05) is 0 Å². The number of carbonyl (C=O) groups is 1. The van der Waals surface area contributed by atoms with Crippen molar-refractivity contribution in [2.45, 2.75) is 70.8 Å². The lowest BCUT2D eigenvalue weighted by Crippen LogP contribution is -2.47. The van der Waals surface area contributed by atoms with Crippen molar-refractivity contribution in [1.29, 1.82) is 0 Å². The van der Waals surface area contributed by atoms with Crippen molar-refractivity contribution in [2.75, 3.05) is 13.1 Å². The number of hydrogen-bond donors (Lipinski definition) is 0. The lowest BCUT2D eigenvalue weighted by atomic mass is 9.78. The molecule has 2 nitrogen and oxygen atoms in total. The summed E-state index contributed by atoms with van der Waals surface area (Å²) in [5, 5.41) is 0. The standard InChI is InChI=1S/C15H27NO/c1-13(17)7-4-5-11-16-12-6-9-14-8-2-3-10-15(14)16/h14-15H,2-12H2,1H3/t14-,15-/m1/s1. The zero-order chi connectivity index (χ0) is 12.1. The summed E-state index contributed by atoms with van der Waals surface area (Å²) in [6, 6.07) is 0.884. The van der Waals surface area contributed by atoms with Gasteiger partial charge in [-0.15, -0.1) is 0 Å². The van der Waals surface area contributed by atoms with Crippen molar-refractivity contribution < 1.29 is 4.79 Å². The van der Waals surface area contributed by atoms with Gasteiger partial charge in [0.05, 0.1) is 0 Å². The van der Waals surface area contributed by atoms with Gasteiger partial charge in [0.2, 0.25) is 0 Å². The zero-order valence-electron chi connectivity index (χ0n) is 11.3. The van der Waals surface area contributed by atoms with Crippen LogP contribution in [0.2, 0.25) is 0 Å². The number of hydrogen-bond acceptors (Lipinski definition) is 2. The van der Waals surface area contributed by atoms with E-state index in [9.17, 15) is 4.79 Å². The maximum Gasteiger partial charge on any atom is 0.129 e. The predicted octanol–water partition coefficient (Wildman–Crippen LogP) is 3.40. The maximum absolute atomic E-state index is 10.9. The van der Waals surface area contributed by atoms with Crippen molar-refractivity contribution >= 4 is 5.78 Å². The summed E-state index contributed by atoms with van der Waals surface area (Å²) in [6.07, 6.45) is 11.7. The average molecular weight is 237 g/mol. The Bertz CT molecular complexity index is 249. The number of ketones is 1. The van der Waals surface area contributed by atoms with E-state index < -0.39 is 0 Å². The number of carbonyl (C=O) groups excluding carboxylic acids is 1. The van der Waals surface area contributed by atoms with E-state index in [4.69, 9.17) is 0 Å². The maximum atomic E-state index is 10.9. The van der Waals surface area contributed by atoms with Crippen LogP contribution in [0.3, 0.4) is 0 Å².